The highest BCUT2D eigenvalue weighted by atomic mass is 16.6. The summed E-state index contributed by atoms with van der Waals surface area (Å²) in [5, 5.41) is 14.9. The second-order valence-electron chi connectivity index (χ2n) is 10.5. The Balaban J connectivity index is 1.93. The molecule has 1 fully saturated rings. The molecule has 1 heterocycles. The van der Waals surface area contributed by atoms with Crippen molar-refractivity contribution >= 4 is 23.9 Å². The van der Waals surface area contributed by atoms with Crippen molar-refractivity contribution in [3.63, 3.8) is 0 Å². The zero-order chi connectivity index (χ0) is 26.2. The van der Waals surface area contributed by atoms with E-state index < -0.39 is 29.7 Å². The Labute approximate surface area is 207 Å². The van der Waals surface area contributed by atoms with E-state index in [-0.39, 0.29) is 30.1 Å². The van der Waals surface area contributed by atoms with Crippen molar-refractivity contribution in [2.45, 2.75) is 78.0 Å². The normalized spacial score (nSPS) is 16.3. The fraction of sp³-hybridized carbons (Fsp3) is 0.615. The standard InChI is InChI=1S/C26H39N3O6/c1-17(2)15-20(28-25(34)35-26(3,4)5)23(31)29-13-11-19(12-14-29)22(30)27-21(24(32)33)16-18-9-7-6-8-10-18/h6-10,17,19-21H,11-16H2,1-5H3,(H,27,30)(H,28,34)(H,32,33)/t20-,21+/m1/s1. The van der Waals surface area contributed by atoms with Gasteiger partial charge in [-0.05, 0) is 51.5 Å². The molecule has 1 aliphatic heterocycles. The van der Waals surface area contributed by atoms with Gasteiger partial charge >= 0.3 is 12.1 Å². The number of nitrogens with one attached hydrogen (secondary N) is 2. The van der Waals surface area contributed by atoms with Crippen LogP contribution in [-0.4, -0.2) is 64.7 Å². The summed E-state index contributed by atoms with van der Waals surface area (Å²) in [4.78, 5) is 51.6. The molecule has 9 heteroatoms. The second kappa shape index (κ2) is 12.6. The first-order chi connectivity index (χ1) is 16.4. The van der Waals surface area contributed by atoms with E-state index in [0.29, 0.717) is 32.4 Å². The highest BCUT2D eigenvalue weighted by molar-refractivity contribution is 5.87. The molecule has 0 aromatic heterocycles. The molecule has 3 amide bonds. The van der Waals surface area contributed by atoms with Crippen LogP contribution in [0.3, 0.4) is 0 Å². The smallest absolute Gasteiger partial charge is 0.408 e. The summed E-state index contributed by atoms with van der Waals surface area (Å²) in [5.41, 5.74) is 0.157. The van der Waals surface area contributed by atoms with E-state index in [1.54, 1.807) is 25.7 Å². The van der Waals surface area contributed by atoms with Gasteiger partial charge in [0.2, 0.25) is 11.8 Å². The predicted molar refractivity (Wildman–Crippen MR) is 132 cm³/mol. The Morgan fingerprint density at radius 1 is 1.03 bits per heavy atom. The van der Waals surface area contributed by atoms with Crippen LogP contribution in [0.4, 0.5) is 4.79 Å². The van der Waals surface area contributed by atoms with Crippen LogP contribution in [0.25, 0.3) is 0 Å². The first-order valence-electron chi connectivity index (χ1n) is 12.2. The van der Waals surface area contributed by atoms with Crippen LogP contribution in [0.2, 0.25) is 0 Å². The van der Waals surface area contributed by atoms with Gasteiger partial charge in [0.05, 0.1) is 0 Å². The monoisotopic (exact) mass is 489 g/mol. The van der Waals surface area contributed by atoms with Crippen LogP contribution in [0.1, 0.15) is 59.4 Å². The number of hydrogen-bond donors (Lipinski definition) is 3. The van der Waals surface area contributed by atoms with Gasteiger partial charge in [-0.3, -0.25) is 9.59 Å². The number of nitrogens with zero attached hydrogens (tertiary/aromatic N) is 1. The van der Waals surface area contributed by atoms with Crippen molar-refractivity contribution in [2.24, 2.45) is 11.8 Å². The summed E-state index contributed by atoms with van der Waals surface area (Å²) in [5.74, 6) is -1.79. The number of carbonyl (C=O) groups excluding carboxylic acids is 3. The van der Waals surface area contributed by atoms with Gasteiger partial charge in [0, 0.05) is 25.4 Å². The molecule has 1 saturated heterocycles. The lowest BCUT2D eigenvalue weighted by molar-refractivity contribution is -0.143. The van der Waals surface area contributed by atoms with Crippen LogP contribution in [0, 0.1) is 11.8 Å². The number of alkyl carbamates (subject to hydrolysis) is 1. The summed E-state index contributed by atoms with van der Waals surface area (Å²) in [6.45, 7) is 9.95. The molecular formula is C26H39N3O6. The number of amides is 3. The number of aliphatic carboxylic acids is 1. The molecule has 2 atom stereocenters. The van der Waals surface area contributed by atoms with Crippen LogP contribution >= 0.6 is 0 Å². The van der Waals surface area contributed by atoms with Gasteiger partial charge in [-0.1, -0.05) is 44.2 Å². The second-order valence-corrected chi connectivity index (χ2v) is 10.5. The fourth-order valence-corrected chi connectivity index (χ4v) is 4.06. The third-order valence-corrected chi connectivity index (χ3v) is 5.77. The van der Waals surface area contributed by atoms with Crippen molar-refractivity contribution in [1.29, 1.82) is 0 Å². The summed E-state index contributed by atoms with van der Waals surface area (Å²) in [7, 11) is 0. The van der Waals surface area contributed by atoms with E-state index in [9.17, 15) is 24.3 Å². The number of likely N-dealkylation sites (tertiary alicyclic amines) is 1. The van der Waals surface area contributed by atoms with Crippen LogP contribution < -0.4 is 10.6 Å². The molecule has 0 radical (unpaired) electrons. The fourth-order valence-electron chi connectivity index (χ4n) is 4.06. The number of benzene rings is 1. The molecule has 3 N–H and O–H groups in total. The number of ether oxygens (including phenoxy) is 1. The van der Waals surface area contributed by atoms with Gasteiger partial charge in [0.15, 0.2) is 0 Å². The molecule has 0 unspecified atom stereocenters. The van der Waals surface area contributed by atoms with E-state index >= 15 is 0 Å². The Kier molecular flexibility index (Phi) is 10.1. The number of hydrogen-bond acceptors (Lipinski definition) is 5. The topological polar surface area (TPSA) is 125 Å². The van der Waals surface area contributed by atoms with Crippen LogP contribution in [0.15, 0.2) is 30.3 Å². The first kappa shape index (κ1) is 28.1. The molecule has 1 aromatic carbocycles. The highest BCUT2D eigenvalue weighted by Crippen LogP contribution is 2.20. The predicted octanol–water partition coefficient (Wildman–Crippen LogP) is 2.98. The minimum atomic E-state index is -1.08. The summed E-state index contributed by atoms with van der Waals surface area (Å²) in [6.07, 6.45) is 0.889. The lowest BCUT2D eigenvalue weighted by Crippen LogP contribution is -2.53. The van der Waals surface area contributed by atoms with Crippen LogP contribution in [0.5, 0.6) is 0 Å². The average molecular weight is 490 g/mol. The van der Waals surface area contributed by atoms with Gasteiger partial charge < -0.3 is 25.4 Å². The first-order valence-corrected chi connectivity index (χ1v) is 12.2. The van der Waals surface area contributed by atoms with Gasteiger partial charge in [0.1, 0.15) is 17.7 Å². The van der Waals surface area contributed by atoms with Crippen molar-refractivity contribution < 1.29 is 29.0 Å². The van der Waals surface area contributed by atoms with E-state index in [0.717, 1.165) is 5.56 Å². The average Bonchev–Trinajstić information content (AvgIpc) is 2.76. The molecule has 0 aliphatic carbocycles. The van der Waals surface area contributed by atoms with Crippen LogP contribution in [-0.2, 0) is 25.5 Å². The van der Waals surface area contributed by atoms with Crippen molar-refractivity contribution in [3.05, 3.63) is 35.9 Å². The van der Waals surface area contributed by atoms with E-state index in [4.69, 9.17) is 4.74 Å². The molecule has 2 rings (SSSR count). The molecule has 35 heavy (non-hydrogen) atoms. The maximum absolute atomic E-state index is 13.2. The molecule has 0 spiro atoms. The molecule has 1 aromatic rings. The molecule has 194 valence electrons. The number of piperidine rings is 1. The Morgan fingerprint density at radius 2 is 1.63 bits per heavy atom. The molecule has 1 aliphatic rings. The van der Waals surface area contributed by atoms with Gasteiger partial charge in [-0.2, -0.15) is 0 Å². The number of carboxylic acid groups (broad SMARTS) is 1. The molecular weight excluding hydrogens is 450 g/mol. The third-order valence-electron chi connectivity index (χ3n) is 5.77. The van der Waals surface area contributed by atoms with E-state index in [1.807, 2.05) is 44.2 Å². The maximum Gasteiger partial charge on any atom is 0.408 e. The van der Waals surface area contributed by atoms with Gasteiger partial charge in [0.25, 0.3) is 0 Å². The summed E-state index contributed by atoms with van der Waals surface area (Å²) < 4.78 is 5.31. The number of carboxylic acids is 1. The Morgan fingerprint density at radius 3 is 2.14 bits per heavy atom. The minimum absolute atomic E-state index is 0.180. The molecule has 0 saturated carbocycles. The number of rotatable bonds is 9. The SMILES string of the molecule is CC(C)C[C@@H](NC(=O)OC(C)(C)C)C(=O)N1CCC(C(=O)N[C@@H](Cc2ccccc2)C(=O)O)CC1. The lowest BCUT2D eigenvalue weighted by atomic mass is 9.94. The lowest BCUT2D eigenvalue weighted by Gasteiger charge is -2.34. The summed E-state index contributed by atoms with van der Waals surface area (Å²) >= 11 is 0. The Bertz CT molecular complexity index is 873. The largest absolute Gasteiger partial charge is 0.480 e. The zero-order valence-electron chi connectivity index (χ0n) is 21.4. The van der Waals surface area contributed by atoms with Crippen molar-refractivity contribution in [1.82, 2.24) is 15.5 Å². The number of carbonyl (C=O) groups is 4. The quantitative estimate of drug-likeness (QED) is 0.490. The highest BCUT2D eigenvalue weighted by Gasteiger charge is 2.34. The van der Waals surface area contributed by atoms with Gasteiger partial charge in [-0.15, -0.1) is 0 Å². The zero-order valence-corrected chi connectivity index (χ0v) is 21.4. The maximum atomic E-state index is 13.2. The van der Waals surface area contributed by atoms with Crippen molar-refractivity contribution in [2.75, 3.05) is 13.1 Å². The van der Waals surface area contributed by atoms with E-state index in [1.165, 1.54) is 0 Å². The van der Waals surface area contributed by atoms with Gasteiger partial charge in [-0.25, -0.2) is 9.59 Å². The van der Waals surface area contributed by atoms with E-state index in [2.05, 4.69) is 10.6 Å². The minimum Gasteiger partial charge on any atom is -0.480 e. The molecule has 0 bridgehead atoms. The Hall–Kier alpha value is -3.10. The van der Waals surface area contributed by atoms with Crippen molar-refractivity contribution in [3.8, 4) is 0 Å². The molecule has 9 nitrogen and oxygen atoms in total. The summed E-state index contributed by atoms with van der Waals surface area (Å²) in [6, 6.07) is 7.42. The third kappa shape index (κ3) is 9.58.